The number of aliphatic imine (C=N–C) groups is 1. The van der Waals surface area contributed by atoms with E-state index >= 15 is 0 Å². The van der Waals surface area contributed by atoms with Gasteiger partial charge in [-0.15, -0.1) is 0 Å². The topological polar surface area (TPSA) is 49.0 Å². The van der Waals surface area contributed by atoms with Crippen molar-refractivity contribution in [2.45, 2.75) is 25.7 Å². The van der Waals surface area contributed by atoms with Crippen LogP contribution in [0.5, 0.6) is 5.75 Å². The maximum Gasteiger partial charge on any atom is 0.135 e. The lowest BCUT2D eigenvalue weighted by molar-refractivity contribution is 0.474. The number of hydrogen-bond acceptors (Lipinski definition) is 4. The van der Waals surface area contributed by atoms with Crippen LogP contribution in [-0.2, 0) is 12.8 Å². The zero-order valence-electron chi connectivity index (χ0n) is 14.6. The number of hydrogen-bond donors (Lipinski definition) is 1. The van der Waals surface area contributed by atoms with Gasteiger partial charge in [-0.1, -0.05) is 0 Å². The van der Waals surface area contributed by atoms with Crippen LogP contribution in [0.1, 0.15) is 29.7 Å². The second kappa shape index (κ2) is 6.28. The number of phenolic OH excluding ortho intramolecular Hbond substituents is 1. The minimum absolute atomic E-state index is 0.246. The van der Waals surface area contributed by atoms with Gasteiger partial charge in [0.15, 0.2) is 0 Å². The molecule has 0 amide bonds. The third-order valence-corrected chi connectivity index (χ3v) is 4.85. The van der Waals surface area contributed by atoms with E-state index in [4.69, 9.17) is 4.42 Å². The monoisotopic (exact) mass is 334 g/mol. The third kappa shape index (κ3) is 2.88. The zero-order valence-corrected chi connectivity index (χ0v) is 14.6. The first-order valence-electron chi connectivity index (χ1n) is 8.71. The molecule has 4 nitrogen and oxygen atoms in total. The molecular weight excluding hydrogens is 312 g/mol. The molecule has 1 aliphatic carbocycles. The van der Waals surface area contributed by atoms with E-state index in [-0.39, 0.29) is 5.75 Å². The standard InChI is InChI=1S/C21H22N2O2/c1-23(2)15-9-7-14(8-10-15)22-13-17-18(24)11-12-20-21(17)16-5-3-4-6-19(16)25-20/h7-13,24H,3-6H2,1-2H3. The second-order valence-corrected chi connectivity index (χ2v) is 6.75. The van der Waals surface area contributed by atoms with Crippen LogP contribution < -0.4 is 4.90 Å². The van der Waals surface area contributed by atoms with E-state index in [1.807, 2.05) is 44.4 Å². The third-order valence-electron chi connectivity index (χ3n) is 4.85. The molecule has 1 aliphatic rings. The molecular formula is C21H22N2O2. The van der Waals surface area contributed by atoms with Crippen LogP contribution in [0.4, 0.5) is 11.4 Å². The van der Waals surface area contributed by atoms with Crippen LogP contribution in [0.25, 0.3) is 11.0 Å². The number of furan rings is 1. The molecule has 0 fully saturated rings. The van der Waals surface area contributed by atoms with Gasteiger partial charge in [-0.25, -0.2) is 0 Å². The Morgan fingerprint density at radius 3 is 2.56 bits per heavy atom. The number of phenols is 1. The summed E-state index contributed by atoms with van der Waals surface area (Å²) in [6.07, 6.45) is 6.07. The molecule has 0 aliphatic heterocycles. The molecule has 3 aromatic rings. The molecule has 2 aromatic carbocycles. The van der Waals surface area contributed by atoms with Crippen molar-refractivity contribution in [3.63, 3.8) is 0 Å². The van der Waals surface area contributed by atoms with Gasteiger partial charge in [-0.05, 0) is 55.7 Å². The van der Waals surface area contributed by atoms with Gasteiger partial charge < -0.3 is 14.4 Å². The maximum absolute atomic E-state index is 10.4. The number of benzene rings is 2. The molecule has 1 N–H and O–H groups in total. The number of aromatic hydroxyl groups is 1. The van der Waals surface area contributed by atoms with Crippen molar-refractivity contribution in [1.29, 1.82) is 0 Å². The smallest absolute Gasteiger partial charge is 0.135 e. The summed E-state index contributed by atoms with van der Waals surface area (Å²) in [5, 5.41) is 11.4. The largest absolute Gasteiger partial charge is 0.507 e. The van der Waals surface area contributed by atoms with Crippen molar-refractivity contribution in [1.82, 2.24) is 0 Å². The van der Waals surface area contributed by atoms with E-state index in [0.717, 1.165) is 46.5 Å². The first kappa shape index (κ1) is 15.8. The number of rotatable bonds is 3. The van der Waals surface area contributed by atoms with Gasteiger partial charge in [0.2, 0.25) is 0 Å². The van der Waals surface area contributed by atoms with Crippen molar-refractivity contribution < 1.29 is 9.52 Å². The predicted molar refractivity (Wildman–Crippen MR) is 103 cm³/mol. The highest BCUT2D eigenvalue weighted by Gasteiger charge is 2.21. The lowest BCUT2D eigenvalue weighted by Gasteiger charge is -2.11. The van der Waals surface area contributed by atoms with Crippen LogP contribution in [0, 0.1) is 0 Å². The molecule has 1 aromatic heterocycles. The summed E-state index contributed by atoms with van der Waals surface area (Å²) in [6, 6.07) is 11.6. The molecule has 0 saturated carbocycles. The Kier molecular flexibility index (Phi) is 3.96. The minimum Gasteiger partial charge on any atom is -0.507 e. The number of aryl methyl sites for hydroxylation is 2. The molecule has 1 heterocycles. The fourth-order valence-electron chi connectivity index (χ4n) is 3.48. The van der Waals surface area contributed by atoms with E-state index in [0.29, 0.717) is 0 Å². The molecule has 4 heteroatoms. The molecule has 4 rings (SSSR count). The van der Waals surface area contributed by atoms with Gasteiger partial charge in [-0.2, -0.15) is 0 Å². The van der Waals surface area contributed by atoms with Gasteiger partial charge >= 0.3 is 0 Å². The quantitative estimate of drug-likeness (QED) is 0.698. The molecule has 0 saturated heterocycles. The fraction of sp³-hybridized carbons (Fsp3) is 0.286. The normalized spacial score (nSPS) is 14.2. The van der Waals surface area contributed by atoms with Gasteiger partial charge in [0.05, 0.1) is 5.69 Å². The molecule has 0 radical (unpaired) electrons. The van der Waals surface area contributed by atoms with Crippen LogP contribution in [0.3, 0.4) is 0 Å². The summed E-state index contributed by atoms with van der Waals surface area (Å²) >= 11 is 0. The van der Waals surface area contributed by atoms with Crippen molar-refractivity contribution in [3.8, 4) is 5.75 Å². The molecule has 0 atom stereocenters. The fourth-order valence-corrected chi connectivity index (χ4v) is 3.48. The summed E-state index contributed by atoms with van der Waals surface area (Å²) in [4.78, 5) is 6.62. The summed E-state index contributed by atoms with van der Waals surface area (Å²) < 4.78 is 6.00. The number of nitrogens with zero attached hydrogens (tertiary/aromatic N) is 2. The summed E-state index contributed by atoms with van der Waals surface area (Å²) in [7, 11) is 4.03. The molecule has 0 spiro atoms. The van der Waals surface area contributed by atoms with Crippen LogP contribution >= 0.6 is 0 Å². The first-order chi connectivity index (χ1) is 12.1. The van der Waals surface area contributed by atoms with E-state index in [1.165, 1.54) is 18.4 Å². The van der Waals surface area contributed by atoms with Crippen LogP contribution in [-0.4, -0.2) is 25.4 Å². The average Bonchev–Trinajstić information content (AvgIpc) is 3.00. The Hall–Kier alpha value is -2.75. The zero-order chi connectivity index (χ0) is 17.4. The summed E-state index contributed by atoms with van der Waals surface area (Å²) in [6.45, 7) is 0. The summed E-state index contributed by atoms with van der Waals surface area (Å²) in [5.74, 6) is 1.31. The van der Waals surface area contributed by atoms with Crippen molar-refractivity contribution in [2.75, 3.05) is 19.0 Å². The Balaban J connectivity index is 1.75. The van der Waals surface area contributed by atoms with Gasteiger partial charge in [-0.3, -0.25) is 4.99 Å². The SMILES string of the molecule is CN(C)c1ccc(N=Cc2c(O)ccc3oc4c(c23)CCCC4)cc1. The Morgan fingerprint density at radius 1 is 1.04 bits per heavy atom. The van der Waals surface area contributed by atoms with E-state index < -0.39 is 0 Å². The van der Waals surface area contributed by atoms with Crippen LogP contribution in [0.2, 0.25) is 0 Å². The Bertz CT molecular complexity index is 937. The molecule has 0 bridgehead atoms. The molecule has 0 unspecified atom stereocenters. The average molecular weight is 334 g/mol. The minimum atomic E-state index is 0.246. The molecule has 25 heavy (non-hydrogen) atoms. The highest BCUT2D eigenvalue weighted by atomic mass is 16.3. The van der Waals surface area contributed by atoms with E-state index in [2.05, 4.69) is 9.89 Å². The number of fused-ring (bicyclic) bond motifs is 3. The lowest BCUT2D eigenvalue weighted by Crippen LogP contribution is -2.07. The maximum atomic E-state index is 10.4. The number of anilines is 1. The Morgan fingerprint density at radius 2 is 1.80 bits per heavy atom. The highest BCUT2D eigenvalue weighted by molar-refractivity contribution is 6.03. The van der Waals surface area contributed by atoms with Gasteiger partial charge in [0, 0.05) is 48.9 Å². The van der Waals surface area contributed by atoms with Crippen molar-refractivity contribution >= 4 is 28.6 Å². The van der Waals surface area contributed by atoms with Crippen LogP contribution in [0.15, 0.2) is 45.8 Å². The van der Waals surface area contributed by atoms with Gasteiger partial charge in [0.1, 0.15) is 17.1 Å². The van der Waals surface area contributed by atoms with Crippen molar-refractivity contribution in [3.05, 3.63) is 53.3 Å². The summed E-state index contributed by atoms with van der Waals surface area (Å²) in [5.41, 5.74) is 4.82. The highest BCUT2D eigenvalue weighted by Crippen LogP contribution is 2.36. The van der Waals surface area contributed by atoms with E-state index in [1.54, 1.807) is 12.3 Å². The molecule has 128 valence electrons. The Labute approximate surface area is 147 Å². The predicted octanol–water partition coefficient (Wildman–Crippen LogP) is 4.83. The second-order valence-electron chi connectivity index (χ2n) is 6.75. The van der Waals surface area contributed by atoms with Crippen molar-refractivity contribution in [2.24, 2.45) is 4.99 Å². The lowest BCUT2D eigenvalue weighted by atomic mass is 9.94. The first-order valence-corrected chi connectivity index (χ1v) is 8.71. The van der Waals surface area contributed by atoms with E-state index in [9.17, 15) is 5.11 Å². The van der Waals surface area contributed by atoms with Gasteiger partial charge in [0.25, 0.3) is 0 Å².